The molecule has 5 heteroatoms. The summed E-state index contributed by atoms with van der Waals surface area (Å²) in [4.78, 5) is 16.9. The van der Waals surface area contributed by atoms with Crippen molar-refractivity contribution in [2.24, 2.45) is 0 Å². The van der Waals surface area contributed by atoms with Gasteiger partial charge in [0, 0.05) is 11.4 Å². The van der Waals surface area contributed by atoms with Gasteiger partial charge in [-0.05, 0) is 31.4 Å². The number of nitrogens with zero attached hydrogens (tertiary/aromatic N) is 1. The molecule has 0 aliphatic rings. The molecule has 0 radical (unpaired) electrons. The number of aryl methyl sites for hydroxylation is 2. The summed E-state index contributed by atoms with van der Waals surface area (Å²) in [5.41, 5.74) is 2.93. The van der Waals surface area contributed by atoms with Crippen LogP contribution in [0.25, 0.3) is 0 Å². The molecular formula is C16H20N2O2S. The molecule has 21 heavy (non-hydrogen) atoms. The summed E-state index contributed by atoms with van der Waals surface area (Å²) in [6.45, 7) is 6.87. The molecule has 0 fully saturated rings. The Morgan fingerprint density at radius 2 is 1.90 bits per heavy atom. The van der Waals surface area contributed by atoms with Crippen molar-refractivity contribution in [3.63, 3.8) is 0 Å². The van der Waals surface area contributed by atoms with E-state index in [-0.39, 0.29) is 5.97 Å². The van der Waals surface area contributed by atoms with Crippen molar-refractivity contribution in [3.8, 4) is 0 Å². The standard InChI is InChI=1S/C16H20N2O2S/c1-4-12-6-8-13(9-7-12)10-17-16-18-14(11(3)21-16)15(19)20-5-2/h6-9H,4-5,10H2,1-3H3,(H,17,18). The van der Waals surface area contributed by atoms with Crippen molar-refractivity contribution < 1.29 is 9.53 Å². The van der Waals surface area contributed by atoms with Crippen molar-refractivity contribution in [3.05, 3.63) is 46.0 Å². The lowest BCUT2D eigenvalue weighted by Gasteiger charge is -2.04. The zero-order valence-electron chi connectivity index (χ0n) is 12.6. The predicted octanol–water partition coefficient (Wildman–Crippen LogP) is 3.80. The van der Waals surface area contributed by atoms with Gasteiger partial charge in [-0.2, -0.15) is 0 Å². The molecule has 0 aliphatic carbocycles. The lowest BCUT2D eigenvalue weighted by atomic mass is 10.1. The van der Waals surface area contributed by atoms with Crippen LogP contribution in [0.3, 0.4) is 0 Å². The second kappa shape index (κ2) is 7.22. The number of aromatic nitrogens is 1. The van der Waals surface area contributed by atoms with E-state index in [1.54, 1.807) is 6.92 Å². The van der Waals surface area contributed by atoms with Crippen molar-refractivity contribution >= 4 is 22.4 Å². The monoisotopic (exact) mass is 304 g/mol. The summed E-state index contributed by atoms with van der Waals surface area (Å²) in [6.07, 6.45) is 1.04. The van der Waals surface area contributed by atoms with E-state index < -0.39 is 0 Å². The lowest BCUT2D eigenvalue weighted by molar-refractivity contribution is 0.0519. The molecule has 1 aromatic heterocycles. The maximum Gasteiger partial charge on any atom is 0.358 e. The average molecular weight is 304 g/mol. The van der Waals surface area contributed by atoms with Gasteiger partial charge in [-0.1, -0.05) is 31.2 Å². The molecule has 0 amide bonds. The first-order valence-electron chi connectivity index (χ1n) is 7.10. The number of thiazole rings is 1. The molecule has 0 saturated carbocycles. The van der Waals surface area contributed by atoms with E-state index >= 15 is 0 Å². The fourth-order valence-corrected chi connectivity index (χ4v) is 2.73. The second-order valence-corrected chi connectivity index (χ2v) is 5.87. The van der Waals surface area contributed by atoms with Gasteiger partial charge < -0.3 is 10.1 Å². The quantitative estimate of drug-likeness (QED) is 0.825. The zero-order chi connectivity index (χ0) is 15.2. The number of anilines is 1. The van der Waals surface area contributed by atoms with Gasteiger partial charge in [0.2, 0.25) is 0 Å². The maximum atomic E-state index is 11.7. The fourth-order valence-electron chi connectivity index (χ4n) is 1.93. The van der Waals surface area contributed by atoms with Crippen molar-refractivity contribution in [1.82, 2.24) is 4.98 Å². The number of hydrogen-bond acceptors (Lipinski definition) is 5. The molecule has 0 unspecified atom stereocenters. The van der Waals surface area contributed by atoms with Crippen LogP contribution in [0.4, 0.5) is 5.13 Å². The minimum Gasteiger partial charge on any atom is -0.461 e. The highest BCUT2D eigenvalue weighted by Gasteiger charge is 2.16. The van der Waals surface area contributed by atoms with E-state index in [1.165, 1.54) is 22.5 Å². The number of esters is 1. The number of nitrogens with one attached hydrogen (secondary N) is 1. The molecule has 0 bridgehead atoms. The van der Waals surface area contributed by atoms with Gasteiger partial charge in [0.1, 0.15) is 0 Å². The zero-order valence-corrected chi connectivity index (χ0v) is 13.4. The Kier molecular flexibility index (Phi) is 5.33. The molecule has 1 N–H and O–H groups in total. The topological polar surface area (TPSA) is 51.2 Å². The summed E-state index contributed by atoms with van der Waals surface area (Å²) in [6, 6.07) is 8.49. The largest absolute Gasteiger partial charge is 0.461 e. The van der Waals surface area contributed by atoms with E-state index in [0.29, 0.717) is 18.8 Å². The summed E-state index contributed by atoms with van der Waals surface area (Å²) >= 11 is 1.47. The Hall–Kier alpha value is -1.88. The van der Waals surface area contributed by atoms with Crippen LogP contribution in [0, 0.1) is 6.92 Å². The first-order chi connectivity index (χ1) is 10.1. The highest BCUT2D eigenvalue weighted by atomic mass is 32.1. The highest BCUT2D eigenvalue weighted by Crippen LogP contribution is 2.23. The lowest BCUT2D eigenvalue weighted by Crippen LogP contribution is -2.07. The second-order valence-electron chi connectivity index (χ2n) is 4.67. The van der Waals surface area contributed by atoms with Crippen LogP contribution >= 0.6 is 11.3 Å². The molecule has 2 aromatic rings. The van der Waals surface area contributed by atoms with Crippen LogP contribution in [0.15, 0.2) is 24.3 Å². The summed E-state index contributed by atoms with van der Waals surface area (Å²) in [7, 11) is 0. The van der Waals surface area contributed by atoms with Crippen molar-refractivity contribution in [2.45, 2.75) is 33.7 Å². The molecule has 2 rings (SSSR count). The van der Waals surface area contributed by atoms with E-state index in [2.05, 4.69) is 41.5 Å². The highest BCUT2D eigenvalue weighted by molar-refractivity contribution is 7.15. The molecule has 112 valence electrons. The first kappa shape index (κ1) is 15.5. The van der Waals surface area contributed by atoms with Crippen LogP contribution in [0.5, 0.6) is 0 Å². The van der Waals surface area contributed by atoms with E-state index in [1.807, 2.05) is 6.92 Å². The minimum absolute atomic E-state index is 0.355. The number of ether oxygens (including phenoxy) is 1. The number of hydrogen-bond donors (Lipinski definition) is 1. The van der Waals surface area contributed by atoms with Crippen molar-refractivity contribution in [2.75, 3.05) is 11.9 Å². The van der Waals surface area contributed by atoms with Crippen LogP contribution in [-0.2, 0) is 17.7 Å². The van der Waals surface area contributed by atoms with E-state index in [0.717, 1.165) is 16.4 Å². The number of rotatable bonds is 6. The Morgan fingerprint density at radius 1 is 1.24 bits per heavy atom. The smallest absolute Gasteiger partial charge is 0.358 e. The van der Waals surface area contributed by atoms with Gasteiger partial charge in [-0.3, -0.25) is 0 Å². The SMILES string of the molecule is CCOC(=O)c1nc(NCc2ccc(CC)cc2)sc1C. The molecular weight excluding hydrogens is 284 g/mol. The van der Waals surface area contributed by atoms with Crippen LogP contribution < -0.4 is 5.32 Å². The van der Waals surface area contributed by atoms with Gasteiger partial charge in [0.25, 0.3) is 0 Å². The predicted molar refractivity (Wildman–Crippen MR) is 86.0 cm³/mol. The molecule has 1 heterocycles. The number of carbonyl (C=O) groups excluding carboxylic acids is 1. The van der Waals surface area contributed by atoms with Gasteiger partial charge in [-0.25, -0.2) is 9.78 Å². The van der Waals surface area contributed by atoms with E-state index in [4.69, 9.17) is 4.74 Å². The maximum absolute atomic E-state index is 11.7. The van der Waals surface area contributed by atoms with Gasteiger partial charge in [0.05, 0.1) is 6.61 Å². The normalized spacial score (nSPS) is 10.4. The Labute approximate surface area is 129 Å². The summed E-state index contributed by atoms with van der Waals surface area (Å²) < 4.78 is 4.99. The van der Waals surface area contributed by atoms with Crippen LogP contribution in [0.2, 0.25) is 0 Å². The third-order valence-electron chi connectivity index (χ3n) is 3.14. The Bertz CT molecular complexity index is 605. The minimum atomic E-state index is -0.355. The van der Waals surface area contributed by atoms with Gasteiger partial charge in [-0.15, -0.1) is 11.3 Å². The number of benzene rings is 1. The average Bonchev–Trinajstić information content (AvgIpc) is 2.87. The molecule has 4 nitrogen and oxygen atoms in total. The third-order valence-corrected chi connectivity index (χ3v) is 4.07. The summed E-state index contributed by atoms with van der Waals surface area (Å²) in [5, 5.41) is 4.00. The third kappa shape index (κ3) is 4.04. The Balaban J connectivity index is 1.99. The van der Waals surface area contributed by atoms with Crippen LogP contribution in [-0.4, -0.2) is 17.6 Å². The molecule has 0 aliphatic heterocycles. The summed E-state index contributed by atoms with van der Waals surface area (Å²) in [5.74, 6) is -0.355. The first-order valence-corrected chi connectivity index (χ1v) is 7.92. The number of carbonyl (C=O) groups is 1. The molecule has 1 aromatic carbocycles. The van der Waals surface area contributed by atoms with E-state index in [9.17, 15) is 4.79 Å². The van der Waals surface area contributed by atoms with Crippen molar-refractivity contribution in [1.29, 1.82) is 0 Å². The molecule has 0 spiro atoms. The van der Waals surface area contributed by atoms with Gasteiger partial charge >= 0.3 is 5.97 Å². The van der Waals surface area contributed by atoms with Gasteiger partial charge in [0.15, 0.2) is 10.8 Å². The Morgan fingerprint density at radius 3 is 2.52 bits per heavy atom. The molecule has 0 atom stereocenters. The van der Waals surface area contributed by atoms with Crippen LogP contribution in [0.1, 0.15) is 40.3 Å². The fraction of sp³-hybridized carbons (Fsp3) is 0.375. The molecule has 0 saturated heterocycles.